The number of hydrogen-bond donors (Lipinski definition) is 0. The molecule has 0 spiro atoms. The summed E-state index contributed by atoms with van der Waals surface area (Å²) in [5.74, 6) is -0.976. The summed E-state index contributed by atoms with van der Waals surface area (Å²) in [4.78, 5) is 25.3. The Morgan fingerprint density at radius 1 is 1.25 bits per heavy atom. The Labute approximate surface area is 124 Å². The van der Waals surface area contributed by atoms with E-state index in [0.717, 1.165) is 22.4 Å². The van der Waals surface area contributed by atoms with Crippen LogP contribution in [0.3, 0.4) is 0 Å². The zero-order valence-corrected chi connectivity index (χ0v) is 13.2. The number of anilines is 1. The molecule has 4 nitrogen and oxygen atoms in total. The van der Waals surface area contributed by atoms with Gasteiger partial charge in [0.25, 0.3) is 0 Å². The lowest BCUT2D eigenvalue weighted by molar-refractivity contribution is -0.142. The summed E-state index contributed by atoms with van der Waals surface area (Å²) < 4.78 is 4.74. The maximum Gasteiger partial charge on any atom is 0.328 e. The lowest BCUT2D eigenvalue weighted by atomic mass is 10.0. The zero-order chi connectivity index (χ0) is 15.4. The molecular weight excluding hydrogens is 278 g/mol. The molecule has 0 aromatic heterocycles. The molecule has 0 aliphatic rings. The number of carbonyl (C=O) groups is 2. The molecule has 110 valence electrons. The number of aryl methyl sites for hydroxylation is 3. The third-order valence-corrected chi connectivity index (χ3v) is 3.42. The van der Waals surface area contributed by atoms with E-state index in [2.05, 4.69) is 0 Å². The Kier molecular flexibility index (Phi) is 5.57. The third kappa shape index (κ3) is 3.31. The molecule has 0 aliphatic carbocycles. The summed E-state index contributed by atoms with van der Waals surface area (Å²) in [6.45, 7) is 7.44. The standard InChI is InChI=1S/C15H20ClNO3/c1-9-6-10(2)14(11(3)7-9)17(13(18)8-16)12(4)15(19)20-5/h6-7,12H,8H2,1-5H3. The number of rotatable bonds is 4. The van der Waals surface area contributed by atoms with E-state index in [1.165, 1.54) is 12.0 Å². The van der Waals surface area contributed by atoms with Gasteiger partial charge in [-0.1, -0.05) is 17.7 Å². The van der Waals surface area contributed by atoms with Gasteiger partial charge in [0.05, 0.1) is 12.8 Å². The largest absolute Gasteiger partial charge is 0.467 e. The van der Waals surface area contributed by atoms with Crippen molar-refractivity contribution in [2.75, 3.05) is 17.9 Å². The van der Waals surface area contributed by atoms with Crippen LogP contribution in [0, 0.1) is 20.8 Å². The molecule has 0 aliphatic heterocycles. The van der Waals surface area contributed by atoms with E-state index >= 15 is 0 Å². The summed E-state index contributed by atoms with van der Waals surface area (Å²) in [5, 5.41) is 0. The number of esters is 1. The number of amides is 1. The first-order valence-corrected chi connectivity index (χ1v) is 6.90. The van der Waals surface area contributed by atoms with Crippen molar-refractivity contribution in [1.82, 2.24) is 0 Å². The van der Waals surface area contributed by atoms with Crippen LogP contribution in [0.2, 0.25) is 0 Å². The van der Waals surface area contributed by atoms with Crippen LogP contribution < -0.4 is 4.90 Å². The minimum atomic E-state index is -0.716. The Morgan fingerprint density at radius 3 is 2.15 bits per heavy atom. The molecule has 0 N–H and O–H groups in total. The molecule has 1 amide bonds. The fraction of sp³-hybridized carbons (Fsp3) is 0.467. The molecule has 0 radical (unpaired) electrons. The van der Waals surface area contributed by atoms with E-state index in [1.807, 2.05) is 32.9 Å². The highest BCUT2D eigenvalue weighted by molar-refractivity contribution is 6.29. The SMILES string of the molecule is COC(=O)C(C)N(C(=O)CCl)c1c(C)cc(C)cc1C. The molecule has 1 aromatic carbocycles. The minimum Gasteiger partial charge on any atom is -0.467 e. The van der Waals surface area contributed by atoms with Gasteiger partial charge in [-0.2, -0.15) is 0 Å². The Hall–Kier alpha value is -1.55. The maximum absolute atomic E-state index is 12.1. The smallest absolute Gasteiger partial charge is 0.328 e. The second-order valence-corrected chi connectivity index (χ2v) is 5.11. The highest BCUT2D eigenvalue weighted by Gasteiger charge is 2.29. The third-order valence-electron chi connectivity index (χ3n) is 3.19. The average molecular weight is 298 g/mol. The first kappa shape index (κ1) is 16.5. The molecule has 1 atom stereocenters. The molecule has 0 bridgehead atoms. The molecule has 0 saturated carbocycles. The first-order chi connectivity index (χ1) is 9.33. The molecule has 0 saturated heterocycles. The summed E-state index contributed by atoms with van der Waals surface area (Å²) >= 11 is 5.68. The van der Waals surface area contributed by atoms with Crippen LogP contribution in [0.1, 0.15) is 23.6 Å². The van der Waals surface area contributed by atoms with Gasteiger partial charge in [0.2, 0.25) is 5.91 Å². The first-order valence-electron chi connectivity index (χ1n) is 6.37. The number of alkyl halides is 1. The average Bonchev–Trinajstić information content (AvgIpc) is 2.40. The predicted molar refractivity (Wildman–Crippen MR) is 80.3 cm³/mol. The van der Waals surface area contributed by atoms with Crippen LogP contribution in [0.25, 0.3) is 0 Å². The van der Waals surface area contributed by atoms with Crippen LogP contribution in [-0.4, -0.2) is 30.9 Å². The number of methoxy groups -OCH3 is 1. The number of nitrogens with zero attached hydrogens (tertiary/aromatic N) is 1. The second-order valence-electron chi connectivity index (χ2n) is 4.84. The van der Waals surface area contributed by atoms with Crippen molar-refractivity contribution in [3.05, 3.63) is 28.8 Å². The van der Waals surface area contributed by atoms with Crippen molar-refractivity contribution in [3.8, 4) is 0 Å². The van der Waals surface area contributed by atoms with Crippen LogP contribution in [-0.2, 0) is 14.3 Å². The number of carbonyl (C=O) groups excluding carboxylic acids is 2. The second kappa shape index (κ2) is 6.75. The summed E-state index contributed by atoms with van der Waals surface area (Å²) in [6, 6.07) is 3.23. The molecular formula is C15H20ClNO3. The topological polar surface area (TPSA) is 46.6 Å². The summed E-state index contributed by atoms with van der Waals surface area (Å²) in [5.41, 5.74) is 3.68. The maximum atomic E-state index is 12.1. The Bertz CT molecular complexity index is 505. The van der Waals surface area contributed by atoms with Crippen molar-refractivity contribution < 1.29 is 14.3 Å². The highest BCUT2D eigenvalue weighted by atomic mass is 35.5. The molecule has 1 aromatic rings. The van der Waals surface area contributed by atoms with E-state index in [1.54, 1.807) is 6.92 Å². The summed E-state index contributed by atoms with van der Waals surface area (Å²) in [6.07, 6.45) is 0. The van der Waals surface area contributed by atoms with E-state index in [-0.39, 0.29) is 11.8 Å². The van der Waals surface area contributed by atoms with Crippen molar-refractivity contribution >= 4 is 29.2 Å². The number of ether oxygens (including phenoxy) is 1. The van der Waals surface area contributed by atoms with Gasteiger partial charge in [0.15, 0.2) is 0 Å². The fourth-order valence-electron chi connectivity index (χ4n) is 2.43. The van der Waals surface area contributed by atoms with Gasteiger partial charge in [0.1, 0.15) is 11.9 Å². The molecule has 1 rings (SSSR count). The van der Waals surface area contributed by atoms with Gasteiger partial charge < -0.3 is 4.74 Å². The van der Waals surface area contributed by atoms with Crippen LogP contribution in [0.5, 0.6) is 0 Å². The van der Waals surface area contributed by atoms with E-state index in [4.69, 9.17) is 16.3 Å². The monoisotopic (exact) mass is 297 g/mol. The highest BCUT2D eigenvalue weighted by Crippen LogP contribution is 2.28. The van der Waals surface area contributed by atoms with E-state index in [0.29, 0.717) is 0 Å². The lowest BCUT2D eigenvalue weighted by Crippen LogP contribution is -2.45. The van der Waals surface area contributed by atoms with Gasteiger partial charge in [0, 0.05) is 0 Å². The van der Waals surface area contributed by atoms with E-state index in [9.17, 15) is 9.59 Å². The van der Waals surface area contributed by atoms with Gasteiger partial charge in [-0.3, -0.25) is 9.69 Å². The zero-order valence-electron chi connectivity index (χ0n) is 12.5. The minimum absolute atomic E-state index is 0.186. The van der Waals surface area contributed by atoms with Crippen molar-refractivity contribution in [3.63, 3.8) is 0 Å². The van der Waals surface area contributed by atoms with Gasteiger partial charge >= 0.3 is 5.97 Å². The van der Waals surface area contributed by atoms with Gasteiger partial charge in [-0.15, -0.1) is 11.6 Å². The normalized spacial score (nSPS) is 11.9. The number of benzene rings is 1. The Morgan fingerprint density at radius 2 is 1.75 bits per heavy atom. The molecule has 0 fully saturated rings. The van der Waals surface area contributed by atoms with Crippen molar-refractivity contribution in [2.24, 2.45) is 0 Å². The predicted octanol–water partition coefficient (Wildman–Crippen LogP) is 2.75. The van der Waals surface area contributed by atoms with Crippen LogP contribution in [0.4, 0.5) is 5.69 Å². The van der Waals surface area contributed by atoms with Crippen molar-refractivity contribution in [2.45, 2.75) is 33.7 Å². The molecule has 0 heterocycles. The lowest BCUT2D eigenvalue weighted by Gasteiger charge is -2.30. The van der Waals surface area contributed by atoms with Crippen molar-refractivity contribution in [1.29, 1.82) is 0 Å². The summed E-state index contributed by atoms with van der Waals surface area (Å²) in [7, 11) is 1.30. The number of hydrogen-bond acceptors (Lipinski definition) is 3. The quantitative estimate of drug-likeness (QED) is 0.634. The number of halogens is 1. The molecule has 20 heavy (non-hydrogen) atoms. The van der Waals surface area contributed by atoms with Gasteiger partial charge in [-0.05, 0) is 38.8 Å². The van der Waals surface area contributed by atoms with Crippen LogP contribution in [0.15, 0.2) is 12.1 Å². The van der Waals surface area contributed by atoms with E-state index < -0.39 is 12.0 Å². The Balaban J connectivity index is 3.39. The van der Waals surface area contributed by atoms with Gasteiger partial charge in [-0.25, -0.2) is 4.79 Å². The van der Waals surface area contributed by atoms with Crippen LogP contribution >= 0.6 is 11.6 Å². The molecule has 1 unspecified atom stereocenters. The fourth-order valence-corrected chi connectivity index (χ4v) is 2.56. The molecule has 5 heteroatoms.